The summed E-state index contributed by atoms with van der Waals surface area (Å²) in [5.41, 5.74) is 0. The van der Waals surface area contributed by atoms with Gasteiger partial charge in [-0.2, -0.15) is 0 Å². The molecule has 164 valence electrons. The van der Waals surface area contributed by atoms with Crippen LogP contribution >= 0.6 is 0 Å². The fourth-order valence-corrected chi connectivity index (χ4v) is 4.54. The van der Waals surface area contributed by atoms with Crippen molar-refractivity contribution in [3.05, 3.63) is 0 Å². The fourth-order valence-electron chi connectivity index (χ4n) is 3.63. The zero-order chi connectivity index (χ0) is 20.4. The van der Waals surface area contributed by atoms with Gasteiger partial charge in [0.1, 0.15) is 0 Å². The Morgan fingerprint density at radius 3 is 1.43 bits per heavy atom. The maximum Gasteiger partial charge on any atom is 1.00 e. The zero-order valence-corrected chi connectivity index (χ0v) is 22.9. The number of hydrogen-bond acceptors (Lipinski definition) is 4. The molecule has 4 nitrogen and oxygen atoms in total. The minimum absolute atomic E-state index is 0. The maximum atomic E-state index is 11.3. The SMILES string of the molecule is CCCCCC(O)CCCCCCCCCCCC(CCCC)S(=O)(=O)[O-].[K+]. The van der Waals surface area contributed by atoms with Crippen molar-refractivity contribution in [1.29, 1.82) is 0 Å². The Hall–Kier alpha value is 1.51. The van der Waals surface area contributed by atoms with Gasteiger partial charge in [-0.15, -0.1) is 0 Å². The summed E-state index contributed by atoms with van der Waals surface area (Å²) in [5, 5.41) is 9.21. The summed E-state index contributed by atoms with van der Waals surface area (Å²) < 4.78 is 33.8. The van der Waals surface area contributed by atoms with Crippen LogP contribution in [0.15, 0.2) is 0 Å². The average Bonchev–Trinajstić information content (AvgIpc) is 2.61. The minimum Gasteiger partial charge on any atom is -0.748 e. The largest absolute Gasteiger partial charge is 1.00 e. The molecule has 2 unspecified atom stereocenters. The molecule has 0 spiro atoms. The molecule has 0 heterocycles. The average molecular weight is 445 g/mol. The van der Waals surface area contributed by atoms with Crippen molar-refractivity contribution >= 4 is 10.1 Å². The van der Waals surface area contributed by atoms with Crippen LogP contribution in [0.3, 0.4) is 0 Å². The van der Waals surface area contributed by atoms with Crippen LogP contribution in [-0.2, 0) is 10.1 Å². The van der Waals surface area contributed by atoms with E-state index in [4.69, 9.17) is 0 Å². The van der Waals surface area contributed by atoms with E-state index >= 15 is 0 Å². The van der Waals surface area contributed by atoms with Crippen molar-refractivity contribution in [2.75, 3.05) is 0 Å². The Labute approximate surface area is 218 Å². The Morgan fingerprint density at radius 1 is 0.643 bits per heavy atom. The van der Waals surface area contributed by atoms with E-state index in [0.717, 1.165) is 57.8 Å². The molecule has 2 atom stereocenters. The van der Waals surface area contributed by atoms with E-state index < -0.39 is 15.4 Å². The van der Waals surface area contributed by atoms with Crippen molar-refractivity contribution in [2.24, 2.45) is 0 Å². The van der Waals surface area contributed by atoms with E-state index in [2.05, 4.69) is 6.92 Å². The van der Waals surface area contributed by atoms with Crippen molar-refractivity contribution in [3.8, 4) is 0 Å². The van der Waals surface area contributed by atoms with Gasteiger partial charge in [-0.3, -0.25) is 0 Å². The van der Waals surface area contributed by atoms with Gasteiger partial charge in [0.2, 0.25) is 0 Å². The van der Waals surface area contributed by atoms with E-state index in [1.165, 1.54) is 44.9 Å². The molecule has 6 heteroatoms. The topological polar surface area (TPSA) is 77.4 Å². The Balaban J connectivity index is 0. The molecular formula is C22H45KO4S. The number of unbranched alkanes of at least 4 members (excludes halogenated alkanes) is 11. The van der Waals surface area contributed by atoms with Gasteiger partial charge in [0, 0.05) is 5.25 Å². The molecule has 28 heavy (non-hydrogen) atoms. The van der Waals surface area contributed by atoms with Gasteiger partial charge in [-0.05, 0) is 25.7 Å². The summed E-state index contributed by atoms with van der Waals surface area (Å²) in [6, 6.07) is 0. The van der Waals surface area contributed by atoms with Gasteiger partial charge in [0.25, 0.3) is 0 Å². The molecular weight excluding hydrogens is 399 g/mol. The van der Waals surface area contributed by atoms with Crippen LogP contribution in [0.25, 0.3) is 0 Å². The number of aliphatic hydroxyl groups excluding tert-OH is 1. The van der Waals surface area contributed by atoms with Crippen LogP contribution in [0.5, 0.6) is 0 Å². The first-order valence-electron chi connectivity index (χ1n) is 11.5. The molecule has 0 aromatic carbocycles. The van der Waals surface area contributed by atoms with Gasteiger partial charge >= 0.3 is 51.4 Å². The quantitative estimate of drug-likeness (QED) is 0.177. The summed E-state index contributed by atoms with van der Waals surface area (Å²) in [6.07, 6.45) is 18.5. The van der Waals surface area contributed by atoms with Crippen LogP contribution in [-0.4, -0.2) is 29.4 Å². The molecule has 0 aromatic rings. The van der Waals surface area contributed by atoms with Gasteiger partial charge in [-0.1, -0.05) is 104 Å². The van der Waals surface area contributed by atoms with Crippen LogP contribution in [0, 0.1) is 0 Å². The van der Waals surface area contributed by atoms with Crippen LogP contribution in [0.1, 0.15) is 129 Å². The smallest absolute Gasteiger partial charge is 0.748 e. The molecule has 0 radical (unpaired) electrons. The summed E-state index contributed by atoms with van der Waals surface area (Å²) in [5.74, 6) is 0. The summed E-state index contributed by atoms with van der Waals surface area (Å²) in [7, 11) is -4.13. The molecule has 0 saturated carbocycles. The molecule has 0 aromatic heterocycles. The number of aliphatic hydroxyl groups is 1. The van der Waals surface area contributed by atoms with E-state index in [1.54, 1.807) is 0 Å². The first kappa shape index (κ1) is 31.7. The monoisotopic (exact) mass is 444 g/mol. The van der Waals surface area contributed by atoms with E-state index in [-0.39, 0.29) is 57.5 Å². The number of rotatable bonds is 20. The minimum atomic E-state index is -4.13. The normalized spacial score (nSPS) is 13.9. The summed E-state index contributed by atoms with van der Waals surface area (Å²) in [4.78, 5) is 0. The Bertz CT molecular complexity index is 415. The zero-order valence-electron chi connectivity index (χ0n) is 19.0. The van der Waals surface area contributed by atoms with Gasteiger partial charge in [0.15, 0.2) is 0 Å². The van der Waals surface area contributed by atoms with Crippen molar-refractivity contribution < 1.29 is 69.5 Å². The standard InChI is InChI=1S/C22H46O4S.K/c1-3-5-14-17-21(23)18-15-12-10-8-7-9-11-13-16-20-22(19-6-4-2)27(24,25)26;/h21-23H,3-20H2,1-2H3,(H,24,25,26);/q;+1/p-1. The second-order valence-electron chi connectivity index (χ2n) is 8.17. The van der Waals surface area contributed by atoms with Crippen molar-refractivity contribution in [2.45, 2.75) is 141 Å². The van der Waals surface area contributed by atoms with Gasteiger partial charge < -0.3 is 9.66 Å². The first-order valence-corrected chi connectivity index (χ1v) is 13.0. The number of hydrogen-bond donors (Lipinski definition) is 1. The Morgan fingerprint density at radius 2 is 1.00 bits per heavy atom. The van der Waals surface area contributed by atoms with Gasteiger partial charge in [0.05, 0.1) is 16.2 Å². The Kier molecular flexibility index (Phi) is 24.6. The van der Waals surface area contributed by atoms with E-state index in [0.29, 0.717) is 12.8 Å². The molecule has 0 saturated heterocycles. The third-order valence-electron chi connectivity index (χ3n) is 5.49. The predicted octanol–water partition coefficient (Wildman–Crippen LogP) is 3.33. The molecule has 0 bridgehead atoms. The molecule has 0 amide bonds. The van der Waals surface area contributed by atoms with Crippen LogP contribution < -0.4 is 51.4 Å². The first-order chi connectivity index (χ1) is 12.9. The van der Waals surface area contributed by atoms with Crippen LogP contribution in [0.4, 0.5) is 0 Å². The fraction of sp³-hybridized carbons (Fsp3) is 1.00. The molecule has 0 aliphatic heterocycles. The molecule has 0 aliphatic carbocycles. The summed E-state index contributed by atoms with van der Waals surface area (Å²) in [6.45, 7) is 4.21. The molecule has 1 N–H and O–H groups in total. The predicted molar refractivity (Wildman–Crippen MR) is 114 cm³/mol. The molecule has 0 aliphatic rings. The van der Waals surface area contributed by atoms with Crippen molar-refractivity contribution in [3.63, 3.8) is 0 Å². The molecule has 0 fully saturated rings. The maximum absolute atomic E-state index is 11.3. The second kappa shape index (κ2) is 21.7. The van der Waals surface area contributed by atoms with Crippen molar-refractivity contribution in [1.82, 2.24) is 0 Å². The third kappa shape index (κ3) is 20.8. The van der Waals surface area contributed by atoms with Gasteiger partial charge in [-0.25, -0.2) is 8.42 Å². The molecule has 0 rings (SSSR count). The third-order valence-corrected chi connectivity index (χ3v) is 6.78. The second-order valence-corrected chi connectivity index (χ2v) is 9.82. The van der Waals surface area contributed by atoms with E-state index in [1.807, 2.05) is 6.92 Å². The van der Waals surface area contributed by atoms with Crippen LogP contribution in [0.2, 0.25) is 0 Å². The summed E-state index contributed by atoms with van der Waals surface area (Å²) >= 11 is 0. The van der Waals surface area contributed by atoms with E-state index in [9.17, 15) is 18.1 Å².